The van der Waals surface area contributed by atoms with Crippen molar-refractivity contribution in [3.63, 3.8) is 0 Å². The van der Waals surface area contributed by atoms with Crippen molar-refractivity contribution in [1.29, 1.82) is 0 Å². The van der Waals surface area contributed by atoms with Gasteiger partial charge < -0.3 is 9.73 Å². The highest BCUT2D eigenvalue weighted by Crippen LogP contribution is 2.02. The molecule has 1 rings (SSSR count). The molecule has 6 heteroatoms. The van der Waals surface area contributed by atoms with Crippen LogP contribution in [0.1, 0.15) is 19.6 Å². The minimum absolute atomic E-state index is 0.135. The van der Waals surface area contributed by atoms with Crippen LogP contribution in [0.3, 0.4) is 0 Å². The van der Waals surface area contributed by atoms with E-state index in [0.29, 0.717) is 19.0 Å². The average molecular weight is 267 g/mol. The van der Waals surface area contributed by atoms with Crippen LogP contribution in [0, 0.1) is 5.92 Å². The molecule has 1 heterocycles. The summed E-state index contributed by atoms with van der Waals surface area (Å²) in [7, 11) is 1.79. The third-order valence-electron chi connectivity index (χ3n) is 2.34. The number of furan rings is 1. The SMILES string of the molecule is CC(C)CNC(=O)NC(=O)CN(C)Cc1ccco1. The lowest BCUT2D eigenvalue weighted by molar-refractivity contribution is -0.121. The molecule has 0 aliphatic heterocycles. The van der Waals surface area contributed by atoms with Gasteiger partial charge in [0.1, 0.15) is 5.76 Å². The minimum atomic E-state index is -0.454. The summed E-state index contributed by atoms with van der Waals surface area (Å²) >= 11 is 0. The molecule has 1 aromatic rings. The summed E-state index contributed by atoms with van der Waals surface area (Å²) in [6, 6.07) is 3.18. The van der Waals surface area contributed by atoms with Crippen LogP contribution in [0.2, 0.25) is 0 Å². The Labute approximate surface area is 113 Å². The van der Waals surface area contributed by atoms with E-state index in [4.69, 9.17) is 4.42 Å². The highest BCUT2D eigenvalue weighted by Gasteiger charge is 2.11. The van der Waals surface area contributed by atoms with E-state index in [9.17, 15) is 9.59 Å². The number of hydrogen-bond donors (Lipinski definition) is 2. The topological polar surface area (TPSA) is 74.6 Å². The maximum Gasteiger partial charge on any atom is 0.321 e. The van der Waals surface area contributed by atoms with Crippen molar-refractivity contribution in [3.8, 4) is 0 Å². The van der Waals surface area contributed by atoms with Crippen LogP contribution in [-0.4, -0.2) is 37.0 Å². The fourth-order valence-corrected chi connectivity index (χ4v) is 1.48. The van der Waals surface area contributed by atoms with E-state index in [0.717, 1.165) is 5.76 Å². The Balaban J connectivity index is 2.24. The molecule has 106 valence electrons. The van der Waals surface area contributed by atoms with E-state index in [1.54, 1.807) is 24.3 Å². The lowest BCUT2D eigenvalue weighted by Gasteiger charge is -2.14. The largest absolute Gasteiger partial charge is 0.468 e. The zero-order valence-electron chi connectivity index (χ0n) is 11.6. The number of amides is 3. The molecule has 0 spiro atoms. The molecule has 0 aliphatic rings. The molecule has 0 radical (unpaired) electrons. The summed E-state index contributed by atoms with van der Waals surface area (Å²) < 4.78 is 5.18. The first-order valence-electron chi connectivity index (χ1n) is 6.26. The second-order valence-electron chi connectivity index (χ2n) is 4.90. The van der Waals surface area contributed by atoms with Crippen LogP contribution in [0.5, 0.6) is 0 Å². The molecule has 1 aromatic heterocycles. The fourth-order valence-electron chi connectivity index (χ4n) is 1.48. The van der Waals surface area contributed by atoms with Gasteiger partial charge in [-0.2, -0.15) is 0 Å². The molecule has 0 aliphatic carbocycles. The van der Waals surface area contributed by atoms with E-state index >= 15 is 0 Å². The predicted octanol–water partition coefficient (Wildman–Crippen LogP) is 1.19. The molecule has 19 heavy (non-hydrogen) atoms. The average Bonchev–Trinajstić information content (AvgIpc) is 2.78. The molecule has 0 unspecified atom stereocenters. The number of urea groups is 1. The van der Waals surface area contributed by atoms with Gasteiger partial charge >= 0.3 is 6.03 Å². The van der Waals surface area contributed by atoms with Gasteiger partial charge in [-0.1, -0.05) is 13.8 Å². The molecule has 2 N–H and O–H groups in total. The van der Waals surface area contributed by atoms with Gasteiger partial charge in [0.25, 0.3) is 0 Å². The molecular weight excluding hydrogens is 246 g/mol. The predicted molar refractivity (Wildman–Crippen MR) is 71.4 cm³/mol. The van der Waals surface area contributed by atoms with E-state index in [1.807, 2.05) is 19.9 Å². The summed E-state index contributed by atoms with van der Waals surface area (Å²) in [5.41, 5.74) is 0. The molecule has 6 nitrogen and oxygen atoms in total. The van der Waals surface area contributed by atoms with Gasteiger partial charge in [0.05, 0.1) is 19.4 Å². The third kappa shape index (κ3) is 6.61. The maximum absolute atomic E-state index is 11.6. The van der Waals surface area contributed by atoms with Crippen molar-refractivity contribution in [1.82, 2.24) is 15.5 Å². The first-order chi connectivity index (χ1) is 8.97. The van der Waals surface area contributed by atoms with E-state index < -0.39 is 6.03 Å². The van der Waals surface area contributed by atoms with Crippen molar-refractivity contribution >= 4 is 11.9 Å². The zero-order chi connectivity index (χ0) is 14.3. The van der Waals surface area contributed by atoms with Crippen LogP contribution >= 0.6 is 0 Å². The van der Waals surface area contributed by atoms with Gasteiger partial charge in [0.2, 0.25) is 5.91 Å². The number of rotatable bonds is 6. The Morgan fingerprint density at radius 3 is 2.74 bits per heavy atom. The van der Waals surface area contributed by atoms with Gasteiger partial charge in [0.15, 0.2) is 0 Å². The Morgan fingerprint density at radius 2 is 2.16 bits per heavy atom. The van der Waals surface area contributed by atoms with Crippen molar-refractivity contribution in [3.05, 3.63) is 24.2 Å². The monoisotopic (exact) mass is 267 g/mol. The van der Waals surface area contributed by atoms with Crippen molar-refractivity contribution in [2.45, 2.75) is 20.4 Å². The lowest BCUT2D eigenvalue weighted by atomic mass is 10.2. The summed E-state index contributed by atoms with van der Waals surface area (Å²) in [4.78, 5) is 24.7. The first-order valence-corrected chi connectivity index (χ1v) is 6.26. The van der Waals surface area contributed by atoms with Crippen molar-refractivity contribution in [2.75, 3.05) is 20.1 Å². The third-order valence-corrected chi connectivity index (χ3v) is 2.34. The van der Waals surface area contributed by atoms with Gasteiger partial charge in [-0.3, -0.25) is 15.0 Å². The maximum atomic E-state index is 11.6. The Bertz CT molecular complexity index is 401. The lowest BCUT2D eigenvalue weighted by Crippen LogP contribution is -2.44. The molecule has 3 amide bonds. The summed E-state index contributed by atoms with van der Waals surface area (Å²) in [5, 5.41) is 4.91. The van der Waals surface area contributed by atoms with Gasteiger partial charge in [-0.05, 0) is 25.1 Å². The summed E-state index contributed by atoms with van der Waals surface area (Å²) in [6.07, 6.45) is 1.59. The van der Waals surface area contributed by atoms with Crippen LogP contribution in [0.4, 0.5) is 4.79 Å². The smallest absolute Gasteiger partial charge is 0.321 e. The normalized spacial score (nSPS) is 10.8. The van der Waals surface area contributed by atoms with Crippen LogP contribution in [-0.2, 0) is 11.3 Å². The molecule has 0 aromatic carbocycles. The number of imide groups is 1. The number of carbonyl (C=O) groups excluding carboxylic acids is 2. The van der Waals surface area contributed by atoms with E-state index in [1.165, 1.54) is 0 Å². The second kappa shape index (κ2) is 7.58. The summed E-state index contributed by atoms with van der Waals surface area (Å²) in [6.45, 7) is 5.17. The Morgan fingerprint density at radius 1 is 1.42 bits per heavy atom. The van der Waals surface area contributed by atoms with Gasteiger partial charge in [0, 0.05) is 6.54 Å². The highest BCUT2D eigenvalue weighted by molar-refractivity contribution is 5.95. The molecule has 0 bridgehead atoms. The molecule has 0 saturated heterocycles. The van der Waals surface area contributed by atoms with Crippen LogP contribution in [0.25, 0.3) is 0 Å². The molecule has 0 atom stereocenters. The number of hydrogen-bond acceptors (Lipinski definition) is 4. The molecular formula is C13H21N3O3. The molecule has 0 fully saturated rings. The first kappa shape index (κ1) is 15.2. The minimum Gasteiger partial charge on any atom is -0.468 e. The zero-order valence-corrected chi connectivity index (χ0v) is 11.6. The highest BCUT2D eigenvalue weighted by atomic mass is 16.3. The fraction of sp³-hybridized carbons (Fsp3) is 0.538. The van der Waals surface area contributed by atoms with Gasteiger partial charge in [-0.25, -0.2) is 4.79 Å². The number of nitrogens with zero attached hydrogens (tertiary/aromatic N) is 1. The van der Waals surface area contributed by atoms with Crippen molar-refractivity contribution < 1.29 is 14.0 Å². The van der Waals surface area contributed by atoms with Crippen LogP contribution < -0.4 is 10.6 Å². The number of carbonyl (C=O) groups is 2. The van der Waals surface area contributed by atoms with Gasteiger partial charge in [-0.15, -0.1) is 0 Å². The molecule has 0 saturated carbocycles. The number of likely N-dealkylation sites (N-methyl/N-ethyl adjacent to an activating group) is 1. The van der Waals surface area contributed by atoms with E-state index in [2.05, 4.69) is 10.6 Å². The van der Waals surface area contributed by atoms with E-state index in [-0.39, 0.29) is 12.5 Å². The van der Waals surface area contributed by atoms with Crippen LogP contribution in [0.15, 0.2) is 22.8 Å². The number of nitrogens with one attached hydrogen (secondary N) is 2. The Kier molecular flexibility index (Phi) is 6.08. The standard InChI is InChI=1S/C13H21N3O3/c1-10(2)7-14-13(18)15-12(17)9-16(3)8-11-5-4-6-19-11/h4-6,10H,7-9H2,1-3H3,(H2,14,15,17,18). The second-order valence-corrected chi connectivity index (χ2v) is 4.90. The quantitative estimate of drug-likeness (QED) is 0.812. The van der Waals surface area contributed by atoms with Crippen molar-refractivity contribution in [2.24, 2.45) is 5.92 Å². The Hall–Kier alpha value is -1.82. The summed E-state index contributed by atoms with van der Waals surface area (Å²) in [5.74, 6) is 0.789.